The number of allylic oxidation sites excluding steroid dienone is 20. The van der Waals surface area contributed by atoms with Crippen LogP contribution in [-0.2, 0) is 27.9 Å². The number of unbranched alkanes of at least 4 members (excludes halogenated alkanes) is 7. The highest BCUT2D eigenvalue weighted by Gasteiger charge is 2.26. The van der Waals surface area contributed by atoms with Gasteiger partial charge in [-0.05, 0) is 96.3 Å². The Morgan fingerprint density at radius 3 is 1.34 bits per heavy atom. The first-order valence-electron chi connectivity index (χ1n) is 23.3. The zero-order chi connectivity index (χ0) is 44.8. The van der Waals surface area contributed by atoms with Crippen molar-refractivity contribution >= 4 is 13.8 Å². The van der Waals surface area contributed by atoms with Gasteiger partial charge in [0.15, 0.2) is 0 Å². The minimum Gasteiger partial charge on any atom is -0.457 e. The Hall–Kier alpha value is -3.10. The number of phosphoric ester groups is 1. The summed E-state index contributed by atoms with van der Waals surface area (Å²) in [6, 6.07) is 0. The highest BCUT2D eigenvalue weighted by Crippen LogP contribution is 2.43. The largest absolute Gasteiger partial charge is 0.472 e. The van der Waals surface area contributed by atoms with E-state index >= 15 is 0 Å². The van der Waals surface area contributed by atoms with Crippen molar-refractivity contribution in [3.05, 3.63) is 122 Å². The second-order valence-electron chi connectivity index (χ2n) is 16.0. The van der Waals surface area contributed by atoms with E-state index in [1.807, 2.05) is 21.1 Å². The Balaban J connectivity index is 4.30. The van der Waals surface area contributed by atoms with Crippen molar-refractivity contribution in [2.75, 3.05) is 54.1 Å². The lowest BCUT2D eigenvalue weighted by Gasteiger charge is -2.24. The molecule has 2 atom stereocenters. The third kappa shape index (κ3) is 47.8. The summed E-state index contributed by atoms with van der Waals surface area (Å²) in [5, 5.41) is 0. The minimum absolute atomic E-state index is 0.0675. The second-order valence-corrected chi connectivity index (χ2v) is 17.5. The average Bonchev–Trinajstić information content (AvgIpc) is 3.22. The number of likely N-dealkylation sites (N-methyl/N-ethyl adjacent to an activating group) is 1. The van der Waals surface area contributed by atoms with Crippen LogP contribution in [0.1, 0.15) is 142 Å². The number of hydrogen-bond donors (Lipinski definition) is 1. The summed E-state index contributed by atoms with van der Waals surface area (Å²) in [5.74, 6) is -0.353. The fourth-order valence-electron chi connectivity index (χ4n) is 5.50. The standard InChI is InChI=1S/C52H86NO7P/c1-6-8-10-12-14-16-18-20-22-23-24-25-26-27-28-29-30-31-32-33-35-37-39-41-43-45-52(54)60-51(50-59-61(55,56)58-48-46-53(3,4)5)49-57-47-44-42-40-38-36-34-21-19-17-15-13-11-9-7-2/h8-11,14-17,20-22,24-25,27-28,30-31,34,38,40,51H,6-7,12-13,18-19,23,26,29,32-33,35-37,39,41-50H2,1-5H3/p+1/b10-8-,11-9-,16-14-,17-15-,22-20-,25-24-,28-27-,31-30-,34-21-,40-38-. The zero-order valence-corrected chi connectivity index (χ0v) is 40.0. The van der Waals surface area contributed by atoms with Crippen molar-refractivity contribution in [1.82, 2.24) is 0 Å². The molecule has 8 nitrogen and oxygen atoms in total. The molecule has 0 aliphatic rings. The van der Waals surface area contributed by atoms with Crippen LogP contribution in [0.15, 0.2) is 122 Å². The lowest BCUT2D eigenvalue weighted by molar-refractivity contribution is -0.870. The van der Waals surface area contributed by atoms with Crippen LogP contribution in [0.2, 0.25) is 0 Å². The van der Waals surface area contributed by atoms with Crippen molar-refractivity contribution in [2.45, 2.75) is 148 Å². The molecule has 0 bridgehead atoms. The summed E-state index contributed by atoms with van der Waals surface area (Å²) in [4.78, 5) is 22.9. The smallest absolute Gasteiger partial charge is 0.457 e. The van der Waals surface area contributed by atoms with E-state index in [-0.39, 0.29) is 32.2 Å². The summed E-state index contributed by atoms with van der Waals surface area (Å²) in [5.41, 5.74) is 0. The molecule has 0 aromatic rings. The van der Waals surface area contributed by atoms with Gasteiger partial charge >= 0.3 is 13.8 Å². The number of carbonyl (C=O) groups excluding carboxylic acids is 1. The summed E-state index contributed by atoms with van der Waals surface area (Å²) in [7, 11) is 1.60. The van der Waals surface area contributed by atoms with Crippen LogP contribution in [-0.4, -0.2) is 75.6 Å². The van der Waals surface area contributed by atoms with E-state index in [1.54, 1.807) is 0 Å². The summed E-state index contributed by atoms with van der Waals surface area (Å²) in [6.45, 7) is 5.18. The molecule has 0 radical (unpaired) electrons. The number of hydrogen-bond acceptors (Lipinski definition) is 6. The molecule has 0 saturated carbocycles. The summed E-state index contributed by atoms with van der Waals surface area (Å²) < 4.78 is 34.9. The lowest BCUT2D eigenvalue weighted by atomic mass is 10.1. The van der Waals surface area contributed by atoms with Crippen molar-refractivity contribution in [1.29, 1.82) is 0 Å². The minimum atomic E-state index is -4.31. The highest BCUT2D eigenvalue weighted by molar-refractivity contribution is 7.47. The monoisotopic (exact) mass is 869 g/mol. The molecule has 0 aromatic carbocycles. The van der Waals surface area contributed by atoms with E-state index in [1.165, 1.54) is 12.8 Å². The number of quaternary nitrogens is 1. The van der Waals surface area contributed by atoms with Gasteiger partial charge in [-0.3, -0.25) is 13.8 Å². The van der Waals surface area contributed by atoms with Crippen molar-refractivity contribution < 1.29 is 37.3 Å². The maximum atomic E-state index is 12.7. The van der Waals surface area contributed by atoms with Gasteiger partial charge in [-0.2, -0.15) is 0 Å². The third-order valence-electron chi connectivity index (χ3n) is 9.02. The van der Waals surface area contributed by atoms with E-state index in [0.717, 1.165) is 109 Å². The third-order valence-corrected chi connectivity index (χ3v) is 10.0. The molecule has 0 spiro atoms. The molecule has 0 heterocycles. The first kappa shape index (κ1) is 57.9. The Bertz CT molecular complexity index is 1380. The Morgan fingerprint density at radius 1 is 0.508 bits per heavy atom. The van der Waals surface area contributed by atoms with Crippen molar-refractivity contribution in [3.8, 4) is 0 Å². The van der Waals surface area contributed by atoms with Gasteiger partial charge in [-0.25, -0.2) is 4.57 Å². The molecule has 9 heteroatoms. The van der Waals surface area contributed by atoms with E-state index in [9.17, 15) is 14.3 Å². The Morgan fingerprint density at radius 2 is 0.902 bits per heavy atom. The van der Waals surface area contributed by atoms with Crippen LogP contribution in [0.3, 0.4) is 0 Å². The topological polar surface area (TPSA) is 91.3 Å². The van der Waals surface area contributed by atoms with Crippen LogP contribution in [0.4, 0.5) is 0 Å². The molecule has 61 heavy (non-hydrogen) atoms. The molecule has 0 rings (SSSR count). The average molecular weight is 869 g/mol. The number of phosphoric acid groups is 1. The van der Waals surface area contributed by atoms with E-state index < -0.39 is 13.9 Å². The van der Waals surface area contributed by atoms with Crippen LogP contribution >= 0.6 is 7.82 Å². The van der Waals surface area contributed by atoms with Gasteiger partial charge in [-0.1, -0.05) is 161 Å². The predicted octanol–water partition coefficient (Wildman–Crippen LogP) is 14.2. The van der Waals surface area contributed by atoms with E-state index in [0.29, 0.717) is 17.6 Å². The van der Waals surface area contributed by atoms with Crippen LogP contribution in [0, 0.1) is 0 Å². The molecule has 0 saturated heterocycles. The molecule has 0 aromatic heterocycles. The van der Waals surface area contributed by atoms with E-state index in [2.05, 4.69) is 135 Å². The normalized spacial score (nSPS) is 14.8. The fraction of sp³-hybridized carbons (Fsp3) is 0.596. The second kappa shape index (κ2) is 43.5. The first-order chi connectivity index (χ1) is 29.6. The maximum Gasteiger partial charge on any atom is 0.472 e. The molecule has 0 aliphatic carbocycles. The summed E-state index contributed by atoms with van der Waals surface area (Å²) in [6.07, 6.45) is 62.5. The van der Waals surface area contributed by atoms with Crippen LogP contribution in [0.5, 0.6) is 0 Å². The van der Waals surface area contributed by atoms with Crippen LogP contribution < -0.4 is 0 Å². The SMILES string of the molecule is CC/C=C\C/C=C\C/C=C\C/C=C\C/C=C\C/C=C\CCCCCCCCC(=O)OC(COCCC/C=C\C/C=C\C/C=C\C/C=C\CC)COP(=O)(O)OCC[N+](C)(C)C. The molecular weight excluding hydrogens is 782 g/mol. The van der Waals surface area contributed by atoms with Gasteiger partial charge < -0.3 is 18.9 Å². The molecule has 0 fully saturated rings. The van der Waals surface area contributed by atoms with Gasteiger partial charge in [-0.15, -0.1) is 0 Å². The maximum absolute atomic E-state index is 12.7. The molecular formula is C52H87NO7P+. The summed E-state index contributed by atoms with van der Waals surface area (Å²) >= 11 is 0. The Kier molecular flexibility index (Phi) is 41.3. The van der Waals surface area contributed by atoms with Gasteiger partial charge in [0, 0.05) is 13.0 Å². The molecule has 2 unspecified atom stereocenters. The Labute approximate surface area is 373 Å². The lowest BCUT2D eigenvalue weighted by Crippen LogP contribution is -2.37. The van der Waals surface area contributed by atoms with Crippen molar-refractivity contribution in [2.24, 2.45) is 0 Å². The number of carbonyl (C=O) groups is 1. The molecule has 346 valence electrons. The molecule has 1 N–H and O–H groups in total. The van der Waals surface area contributed by atoms with Gasteiger partial charge in [0.05, 0.1) is 34.4 Å². The fourth-order valence-corrected chi connectivity index (χ4v) is 6.24. The van der Waals surface area contributed by atoms with Gasteiger partial charge in [0.25, 0.3) is 0 Å². The zero-order valence-electron chi connectivity index (χ0n) is 39.1. The quantitative estimate of drug-likeness (QED) is 0.0215. The van der Waals surface area contributed by atoms with Crippen molar-refractivity contribution in [3.63, 3.8) is 0 Å². The highest BCUT2D eigenvalue weighted by atomic mass is 31.2. The van der Waals surface area contributed by atoms with Gasteiger partial charge in [0.2, 0.25) is 0 Å². The number of ether oxygens (including phenoxy) is 2. The predicted molar refractivity (Wildman–Crippen MR) is 260 cm³/mol. The van der Waals surface area contributed by atoms with Gasteiger partial charge in [0.1, 0.15) is 19.3 Å². The molecule has 0 amide bonds. The number of rotatable bonds is 41. The first-order valence-corrected chi connectivity index (χ1v) is 24.8. The number of esters is 1. The van der Waals surface area contributed by atoms with E-state index in [4.69, 9.17) is 18.5 Å². The van der Waals surface area contributed by atoms with Crippen LogP contribution in [0.25, 0.3) is 0 Å². The number of nitrogens with zero attached hydrogens (tertiary/aromatic N) is 1. The molecule has 0 aliphatic heterocycles.